The molecule has 0 aliphatic rings. The Labute approximate surface area is 191 Å². The van der Waals surface area contributed by atoms with E-state index in [1.165, 1.54) is 12.1 Å². The Kier molecular flexibility index (Phi) is 6.70. The lowest BCUT2D eigenvalue weighted by molar-refractivity contribution is -0.274. The molecular weight excluding hydrogens is 449 g/mol. The van der Waals surface area contributed by atoms with Crippen molar-refractivity contribution in [2.45, 2.75) is 21.0 Å². The highest BCUT2D eigenvalue weighted by Crippen LogP contribution is 2.32. The van der Waals surface area contributed by atoms with E-state index in [-0.39, 0.29) is 11.5 Å². The average Bonchev–Trinajstić information content (AvgIpc) is 2.81. The van der Waals surface area contributed by atoms with Crippen LogP contribution in [0.25, 0.3) is 0 Å². The highest BCUT2D eigenvalue weighted by Gasteiger charge is 2.31. The summed E-state index contributed by atoms with van der Waals surface area (Å²) in [5.41, 5.74) is 0.340. The normalized spacial score (nSPS) is 11.3. The molecule has 0 radical (unpaired) electrons. The molecule has 0 N–H and O–H groups in total. The highest BCUT2D eigenvalue weighted by molar-refractivity contribution is 7.97. The van der Waals surface area contributed by atoms with E-state index in [1.807, 2.05) is 66.7 Å². The fourth-order valence-corrected chi connectivity index (χ4v) is 5.28. The first-order chi connectivity index (χ1) is 15.9. The number of carbonyl (C=O) groups excluding carboxylic acids is 1. The van der Waals surface area contributed by atoms with Gasteiger partial charge in [-0.2, -0.15) is 0 Å². The van der Waals surface area contributed by atoms with Crippen LogP contribution in [-0.2, 0) is 10.9 Å². The number of benzene rings is 4. The zero-order valence-electron chi connectivity index (χ0n) is 17.2. The number of halogens is 3. The molecule has 4 aromatic rings. The summed E-state index contributed by atoms with van der Waals surface area (Å²) in [6.45, 7) is 0. The first kappa shape index (κ1) is 22.5. The van der Waals surface area contributed by atoms with Crippen molar-refractivity contribution in [3.05, 3.63) is 115 Å². The van der Waals surface area contributed by atoms with Crippen LogP contribution < -0.4 is 9.47 Å². The average molecular weight is 467 g/mol. The van der Waals surface area contributed by atoms with Gasteiger partial charge in [-0.1, -0.05) is 42.5 Å². The molecular formula is C26H18F3O3S+. The van der Waals surface area contributed by atoms with Crippen molar-refractivity contribution in [3.63, 3.8) is 0 Å². The fraction of sp³-hybridized carbons (Fsp3) is 0.0385. The van der Waals surface area contributed by atoms with Gasteiger partial charge in [0.2, 0.25) is 0 Å². The van der Waals surface area contributed by atoms with Crippen LogP contribution in [0, 0.1) is 0 Å². The maximum atomic E-state index is 12.7. The van der Waals surface area contributed by atoms with E-state index in [9.17, 15) is 18.0 Å². The molecule has 0 saturated heterocycles. The number of hydrogen-bond donors (Lipinski definition) is 0. The molecule has 0 aromatic heterocycles. The van der Waals surface area contributed by atoms with E-state index in [0.717, 1.165) is 26.8 Å². The molecule has 4 aromatic carbocycles. The quantitative estimate of drug-likeness (QED) is 0.176. The van der Waals surface area contributed by atoms with Crippen LogP contribution in [0.3, 0.4) is 0 Å². The fourth-order valence-electron chi connectivity index (χ4n) is 3.15. The second-order valence-corrected chi connectivity index (χ2v) is 8.90. The van der Waals surface area contributed by atoms with Gasteiger partial charge < -0.3 is 9.47 Å². The number of ether oxygens (including phenoxy) is 2. The van der Waals surface area contributed by atoms with Crippen molar-refractivity contribution in [3.8, 4) is 11.5 Å². The first-order valence-corrected chi connectivity index (χ1v) is 11.1. The predicted molar refractivity (Wildman–Crippen MR) is 120 cm³/mol. The summed E-state index contributed by atoms with van der Waals surface area (Å²) in [7, 11) is -0.432. The highest BCUT2D eigenvalue weighted by atomic mass is 32.2. The van der Waals surface area contributed by atoms with E-state index in [1.54, 1.807) is 18.2 Å². The summed E-state index contributed by atoms with van der Waals surface area (Å²) < 4.78 is 46.1. The lowest BCUT2D eigenvalue weighted by Crippen LogP contribution is -2.17. The van der Waals surface area contributed by atoms with E-state index in [0.29, 0.717) is 5.56 Å². The van der Waals surface area contributed by atoms with Gasteiger partial charge in [-0.15, -0.1) is 13.2 Å². The van der Waals surface area contributed by atoms with Crippen molar-refractivity contribution < 1.29 is 27.4 Å². The van der Waals surface area contributed by atoms with Gasteiger partial charge in [0.15, 0.2) is 14.7 Å². The lowest BCUT2D eigenvalue weighted by atomic mass is 10.2. The maximum absolute atomic E-state index is 12.7. The molecule has 3 nitrogen and oxygen atoms in total. The third-order valence-corrected chi connectivity index (χ3v) is 6.74. The van der Waals surface area contributed by atoms with Crippen molar-refractivity contribution in [1.29, 1.82) is 0 Å². The summed E-state index contributed by atoms with van der Waals surface area (Å²) >= 11 is 0. The van der Waals surface area contributed by atoms with E-state index < -0.39 is 23.2 Å². The van der Waals surface area contributed by atoms with Crippen LogP contribution in [0.1, 0.15) is 10.4 Å². The topological polar surface area (TPSA) is 35.5 Å². The number of alkyl halides is 3. The van der Waals surface area contributed by atoms with Crippen LogP contribution in [-0.4, -0.2) is 12.3 Å². The number of hydrogen-bond acceptors (Lipinski definition) is 3. The van der Waals surface area contributed by atoms with Gasteiger partial charge in [-0.25, -0.2) is 4.79 Å². The van der Waals surface area contributed by atoms with Gasteiger partial charge in [0.05, 0.1) is 16.5 Å². The minimum Gasteiger partial charge on any atom is -0.423 e. The Hall–Kier alpha value is -3.71. The Morgan fingerprint density at radius 3 is 1.70 bits per heavy atom. The summed E-state index contributed by atoms with van der Waals surface area (Å²) in [4.78, 5) is 15.9. The van der Waals surface area contributed by atoms with Crippen LogP contribution in [0.5, 0.6) is 11.5 Å². The third-order valence-electron chi connectivity index (χ3n) is 4.53. The number of esters is 1. The van der Waals surface area contributed by atoms with E-state index in [4.69, 9.17) is 4.74 Å². The molecule has 0 aliphatic heterocycles. The zero-order chi connectivity index (χ0) is 23.3. The Morgan fingerprint density at radius 1 is 0.636 bits per heavy atom. The summed E-state index contributed by atoms with van der Waals surface area (Å²) in [5, 5.41) is 0. The zero-order valence-corrected chi connectivity index (χ0v) is 18.0. The Bertz CT molecular complexity index is 1170. The molecule has 0 heterocycles. The van der Waals surface area contributed by atoms with Gasteiger partial charge in [0.1, 0.15) is 11.5 Å². The van der Waals surface area contributed by atoms with Crippen molar-refractivity contribution in [2.75, 3.05) is 0 Å². The van der Waals surface area contributed by atoms with Crippen LogP contribution >= 0.6 is 0 Å². The van der Waals surface area contributed by atoms with Gasteiger partial charge in [0, 0.05) is 6.07 Å². The molecule has 33 heavy (non-hydrogen) atoms. The second-order valence-electron chi connectivity index (χ2n) is 6.87. The SMILES string of the molecule is O=C(Oc1ccc(OC(F)(F)F)cc1)c1cccc([S+](c2ccccc2)c2ccccc2)c1. The van der Waals surface area contributed by atoms with E-state index >= 15 is 0 Å². The molecule has 0 saturated carbocycles. The minimum atomic E-state index is -4.78. The monoisotopic (exact) mass is 467 g/mol. The van der Waals surface area contributed by atoms with Gasteiger partial charge in [0.25, 0.3) is 0 Å². The molecule has 0 spiro atoms. The Morgan fingerprint density at radius 2 is 1.15 bits per heavy atom. The van der Waals surface area contributed by atoms with Crippen molar-refractivity contribution in [1.82, 2.24) is 0 Å². The summed E-state index contributed by atoms with van der Waals surface area (Å²) in [6, 6.07) is 31.9. The van der Waals surface area contributed by atoms with Crippen LogP contribution in [0.4, 0.5) is 13.2 Å². The smallest absolute Gasteiger partial charge is 0.423 e. The summed E-state index contributed by atoms with van der Waals surface area (Å²) in [5.74, 6) is -0.880. The second kappa shape index (κ2) is 9.83. The molecule has 0 atom stereocenters. The van der Waals surface area contributed by atoms with Crippen LogP contribution in [0.2, 0.25) is 0 Å². The molecule has 0 aliphatic carbocycles. The lowest BCUT2D eigenvalue weighted by Gasteiger charge is -2.10. The maximum Gasteiger partial charge on any atom is 0.573 e. The molecule has 0 bridgehead atoms. The molecule has 0 unspecified atom stereocenters. The summed E-state index contributed by atoms with van der Waals surface area (Å²) in [6.07, 6.45) is -4.78. The van der Waals surface area contributed by atoms with Crippen LogP contribution in [0.15, 0.2) is 124 Å². The first-order valence-electron chi connectivity index (χ1n) is 9.91. The molecule has 0 amide bonds. The standard InChI is InChI=1S/C26H18F3O3S/c27-26(28,29)32-21-16-14-20(15-17-21)31-25(30)19-8-7-13-24(18-19)33(22-9-3-1-4-10-22)23-11-5-2-6-12-23/h1-18H/q+1. The number of carbonyl (C=O) groups is 1. The molecule has 7 heteroatoms. The minimum absolute atomic E-state index is 0.116. The largest absolute Gasteiger partial charge is 0.573 e. The van der Waals surface area contributed by atoms with Crippen molar-refractivity contribution in [2.24, 2.45) is 0 Å². The Balaban J connectivity index is 1.58. The van der Waals surface area contributed by atoms with Crippen molar-refractivity contribution >= 4 is 16.9 Å². The third kappa shape index (κ3) is 5.96. The van der Waals surface area contributed by atoms with Gasteiger partial charge >= 0.3 is 12.3 Å². The molecule has 0 fully saturated rings. The molecule has 166 valence electrons. The number of rotatable bonds is 6. The predicted octanol–water partition coefficient (Wildman–Crippen LogP) is 6.90. The van der Waals surface area contributed by atoms with Gasteiger partial charge in [-0.3, -0.25) is 0 Å². The van der Waals surface area contributed by atoms with Gasteiger partial charge in [-0.05, 0) is 60.7 Å². The molecule has 4 rings (SSSR count). The van der Waals surface area contributed by atoms with E-state index in [2.05, 4.69) is 4.74 Å².